The largest absolute Gasteiger partial charge is 0.496 e. The van der Waals surface area contributed by atoms with E-state index < -0.39 is 46.6 Å². The fraction of sp³-hybridized carbons (Fsp3) is 0.397. The molecule has 2 saturated heterocycles. The number of nitrogens with one attached hydrogen (secondary N) is 4. The van der Waals surface area contributed by atoms with Crippen molar-refractivity contribution in [2.45, 2.75) is 91.1 Å². The summed E-state index contributed by atoms with van der Waals surface area (Å²) < 4.78 is 31.6. The number of ether oxygens (including phenoxy) is 3. The number of piperidine rings is 1. The number of halogens is 1. The van der Waals surface area contributed by atoms with Gasteiger partial charge in [0.25, 0.3) is 0 Å². The molecular weight excluding hydrogens is 1000 g/mol. The summed E-state index contributed by atoms with van der Waals surface area (Å²) in [5.74, 6) is -0.858. The number of methoxy groups -OCH3 is 1. The normalized spacial score (nSPS) is 17.8. The van der Waals surface area contributed by atoms with Crippen LogP contribution in [0.25, 0.3) is 21.3 Å². The highest BCUT2D eigenvalue weighted by Crippen LogP contribution is 2.48. The first-order valence-corrected chi connectivity index (χ1v) is 26.8. The number of pyridine rings is 1. The van der Waals surface area contributed by atoms with E-state index in [4.69, 9.17) is 14.2 Å². The van der Waals surface area contributed by atoms with Gasteiger partial charge >= 0.3 is 0 Å². The molecule has 3 atom stereocenters. The van der Waals surface area contributed by atoms with E-state index in [1.54, 1.807) is 55.0 Å². The number of fused-ring (bicyclic) bond motifs is 1. The van der Waals surface area contributed by atoms with Crippen LogP contribution in [-0.4, -0.2) is 112 Å². The Labute approximate surface area is 450 Å². The van der Waals surface area contributed by atoms with Crippen molar-refractivity contribution in [2.24, 2.45) is 16.7 Å². The first-order chi connectivity index (χ1) is 37.0. The molecule has 0 bridgehead atoms. The number of rotatable bonds is 19. The smallest absolute Gasteiger partial charge is 0.246 e. The number of hydrogen-bond donors (Lipinski definition) is 5. The van der Waals surface area contributed by atoms with Crippen LogP contribution in [0.3, 0.4) is 0 Å². The Bertz CT molecular complexity index is 3100. The number of hydrogen-bond acceptors (Lipinski definition) is 13. The zero-order valence-corrected chi connectivity index (χ0v) is 44.7. The number of carbonyl (C=O) groups excluding carboxylic acids is 5. The quantitative estimate of drug-likeness (QED) is 0.0386. The number of β-amino-alcohol motifs (C(OH)–C–C–N with tert-alkyl or cyclic N) is 1. The summed E-state index contributed by atoms with van der Waals surface area (Å²) in [5.41, 5.74) is 5.26. The van der Waals surface area contributed by atoms with Gasteiger partial charge in [-0.2, -0.15) is 0 Å². The highest BCUT2D eigenvalue weighted by atomic mass is 32.1. The van der Waals surface area contributed by atoms with Crippen LogP contribution in [0.5, 0.6) is 17.2 Å². The van der Waals surface area contributed by atoms with E-state index in [-0.39, 0.29) is 49.8 Å². The predicted molar refractivity (Wildman–Crippen MR) is 291 cm³/mol. The third-order valence-corrected chi connectivity index (χ3v) is 15.6. The van der Waals surface area contributed by atoms with Crippen molar-refractivity contribution in [1.82, 2.24) is 30.4 Å². The second-order valence-electron chi connectivity index (χ2n) is 21.2. The monoisotopic (exact) mass is 1070 g/mol. The maximum Gasteiger partial charge on any atom is 0.246 e. The molecule has 6 aromatic rings. The van der Waals surface area contributed by atoms with Crippen LogP contribution in [0.15, 0.2) is 103 Å². The molecule has 77 heavy (non-hydrogen) atoms. The summed E-state index contributed by atoms with van der Waals surface area (Å²) in [6, 6.07) is 23.9. The first-order valence-electron chi connectivity index (χ1n) is 26.0. The second kappa shape index (κ2) is 23.5. The van der Waals surface area contributed by atoms with Crippen LogP contribution >= 0.6 is 11.3 Å². The maximum absolute atomic E-state index is 14.3. The van der Waals surface area contributed by atoms with Crippen LogP contribution in [0, 0.1) is 29.5 Å². The van der Waals surface area contributed by atoms with E-state index in [1.807, 2.05) is 69.6 Å². The Kier molecular flexibility index (Phi) is 16.6. The minimum atomic E-state index is -1.19. The standard InChI is InChI=1S/C58H65FN8O9S/c1-35-50(77-34-62-35)37-8-6-36(7-9-37)31-61-53(70)47-29-43(68)32-67(47)54(71)51(57(2,3)4)65-52(69)38-19-24-66(25-20-38)26-27-75-33-39-28-46-45(30-49(39)74-5)48(18-23-60-46)76-44-16-14-42(15-17-44)64-56(73)58(21-22-58)55(72)63-41-12-10-40(59)11-13-41/h6-18,23,28,30,34,38,43,47,51,68H,19-22,24-27,29,31-33H2,1-5H3,(H,61,70)(H,63,72)(H,64,73)(H,65,69)/t43-,47+,51-/m1/s1. The molecule has 4 aromatic carbocycles. The van der Waals surface area contributed by atoms with Gasteiger partial charge in [0.1, 0.15) is 40.6 Å². The number of aliphatic hydroxyl groups excluding tert-OH is 1. The van der Waals surface area contributed by atoms with E-state index in [0.29, 0.717) is 86.1 Å². The fourth-order valence-electron chi connectivity index (χ4n) is 9.87. The summed E-state index contributed by atoms with van der Waals surface area (Å²) in [6.45, 7) is 10.6. The SMILES string of the molecule is COc1cc2c(Oc3ccc(NC(=O)C4(C(=O)Nc5ccc(F)cc5)CC4)cc3)ccnc2cc1COCCN1CCC(C(=O)N[C@H](C(=O)N2C[C@H](O)C[C@H]2C(=O)NCc2ccc(-c3scnc3C)cc2)C(C)(C)C)CC1. The van der Waals surface area contributed by atoms with E-state index in [0.717, 1.165) is 32.6 Å². The van der Waals surface area contributed by atoms with Crippen molar-refractivity contribution in [3.63, 3.8) is 0 Å². The van der Waals surface area contributed by atoms with Gasteiger partial charge in [-0.25, -0.2) is 9.37 Å². The molecule has 2 aliphatic heterocycles. The van der Waals surface area contributed by atoms with E-state index in [2.05, 4.69) is 36.1 Å². The Hall–Kier alpha value is -7.32. The number of amides is 5. The second-order valence-corrected chi connectivity index (χ2v) is 22.0. The number of carbonyl (C=O) groups is 5. The van der Waals surface area contributed by atoms with E-state index in [9.17, 15) is 33.5 Å². The predicted octanol–water partition coefficient (Wildman–Crippen LogP) is 8.00. The summed E-state index contributed by atoms with van der Waals surface area (Å²) in [7, 11) is 1.59. The summed E-state index contributed by atoms with van der Waals surface area (Å²) in [6.07, 6.45) is 2.92. The highest BCUT2D eigenvalue weighted by molar-refractivity contribution is 7.13. The molecule has 0 unspecified atom stereocenters. The Morgan fingerprint density at radius 1 is 0.870 bits per heavy atom. The van der Waals surface area contributed by atoms with Crippen molar-refractivity contribution >= 4 is 63.2 Å². The van der Waals surface area contributed by atoms with Crippen LogP contribution in [0.2, 0.25) is 0 Å². The molecule has 0 spiro atoms. The third-order valence-electron chi connectivity index (χ3n) is 14.6. The summed E-state index contributed by atoms with van der Waals surface area (Å²) in [5, 5.41) is 23.0. The van der Waals surface area contributed by atoms with Crippen molar-refractivity contribution in [1.29, 1.82) is 0 Å². The van der Waals surface area contributed by atoms with Gasteiger partial charge in [-0.3, -0.25) is 29.0 Å². The minimum Gasteiger partial charge on any atom is -0.496 e. The Morgan fingerprint density at radius 2 is 1.55 bits per heavy atom. The average molecular weight is 1070 g/mol. The molecular formula is C58H65FN8O9S. The molecule has 4 heterocycles. The lowest BCUT2D eigenvalue weighted by molar-refractivity contribution is -0.144. The first kappa shape index (κ1) is 54.5. The van der Waals surface area contributed by atoms with Crippen molar-refractivity contribution in [3.8, 4) is 27.7 Å². The van der Waals surface area contributed by atoms with Gasteiger partial charge in [0, 0.05) is 60.5 Å². The fourth-order valence-corrected chi connectivity index (χ4v) is 10.7. The molecule has 1 saturated carbocycles. The molecule has 2 aromatic heterocycles. The van der Waals surface area contributed by atoms with Gasteiger partial charge in [0.15, 0.2) is 0 Å². The molecule has 3 aliphatic rings. The lowest BCUT2D eigenvalue weighted by atomic mass is 9.84. The van der Waals surface area contributed by atoms with Gasteiger partial charge in [0.2, 0.25) is 29.5 Å². The third kappa shape index (κ3) is 12.9. The molecule has 3 fully saturated rings. The van der Waals surface area contributed by atoms with E-state index in [1.165, 1.54) is 29.2 Å². The van der Waals surface area contributed by atoms with E-state index >= 15 is 0 Å². The number of benzene rings is 4. The van der Waals surface area contributed by atoms with Crippen LogP contribution in [0.4, 0.5) is 15.8 Å². The molecule has 19 heteroatoms. The number of aromatic nitrogens is 2. The highest BCUT2D eigenvalue weighted by Gasteiger charge is 2.56. The van der Waals surface area contributed by atoms with Crippen LogP contribution in [-0.2, 0) is 41.9 Å². The minimum absolute atomic E-state index is 0.00131. The molecule has 1 aliphatic carbocycles. The topological polar surface area (TPSA) is 214 Å². The number of nitrogens with zero attached hydrogens (tertiary/aromatic N) is 4. The van der Waals surface area contributed by atoms with Crippen molar-refractivity contribution in [3.05, 3.63) is 125 Å². The van der Waals surface area contributed by atoms with Gasteiger partial charge in [-0.05, 0) is 129 Å². The van der Waals surface area contributed by atoms with Gasteiger partial charge < -0.3 is 50.4 Å². The molecule has 5 amide bonds. The average Bonchev–Trinajstić information content (AvgIpc) is 4.02. The van der Waals surface area contributed by atoms with Gasteiger partial charge in [-0.1, -0.05) is 45.0 Å². The van der Waals surface area contributed by atoms with Crippen LogP contribution < -0.4 is 30.7 Å². The zero-order valence-electron chi connectivity index (χ0n) is 43.9. The van der Waals surface area contributed by atoms with Crippen molar-refractivity contribution in [2.75, 3.05) is 50.5 Å². The number of thiazole rings is 1. The summed E-state index contributed by atoms with van der Waals surface area (Å²) in [4.78, 5) is 81.6. The number of aryl methyl sites for hydroxylation is 1. The molecule has 0 radical (unpaired) electrons. The Balaban J connectivity index is 0.723. The van der Waals surface area contributed by atoms with Gasteiger partial charge in [0.05, 0.1) is 48.0 Å². The number of aliphatic hydroxyl groups is 1. The lowest BCUT2D eigenvalue weighted by Crippen LogP contribution is -2.58. The lowest BCUT2D eigenvalue weighted by Gasteiger charge is -2.37. The molecule has 5 N–H and O–H groups in total. The molecule has 404 valence electrons. The maximum atomic E-state index is 14.3. The molecule has 17 nitrogen and oxygen atoms in total. The summed E-state index contributed by atoms with van der Waals surface area (Å²) >= 11 is 1.57. The van der Waals surface area contributed by atoms with Crippen LogP contribution in [0.1, 0.15) is 69.7 Å². The number of likely N-dealkylation sites (tertiary alicyclic amines) is 2. The van der Waals surface area contributed by atoms with Crippen molar-refractivity contribution < 1.29 is 47.7 Å². The zero-order chi connectivity index (χ0) is 54.4. The molecule has 9 rings (SSSR count). The van der Waals surface area contributed by atoms with Gasteiger partial charge in [-0.15, -0.1) is 11.3 Å². The number of anilines is 2. The Morgan fingerprint density at radius 3 is 2.17 bits per heavy atom.